The fourth-order valence-electron chi connectivity index (χ4n) is 3.25. The third kappa shape index (κ3) is 6.14. The van der Waals surface area contributed by atoms with Crippen LogP contribution in [0.25, 0.3) is 10.9 Å². The molecule has 0 saturated carbocycles. The molecular weight excluding hydrogens is 339 g/mol. The van der Waals surface area contributed by atoms with Crippen molar-refractivity contribution in [3.8, 4) is 0 Å². The molecule has 1 aromatic carbocycles. The Morgan fingerprint density at radius 3 is 2.17 bits per heavy atom. The van der Waals surface area contributed by atoms with Gasteiger partial charge in [-0.1, -0.05) is 44.2 Å². The topological polar surface area (TPSA) is 29.9 Å². The maximum absolute atomic E-state index is 6.15. The minimum absolute atomic E-state index is 0. The number of para-hydroxylation sites is 1. The SMILES string of the molecule is Cc1cc(N)c2ccccc2[n+]1CCCCCCCCCCCl.[Cl-]. The fourth-order valence-corrected chi connectivity index (χ4v) is 3.43. The first-order chi connectivity index (χ1) is 11.2. The summed E-state index contributed by atoms with van der Waals surface area (Å²) in [6.45, 7) is 3.23. The van der Waals surface area contributed by atoms with Gasteiger partial charge >= 0.3 is 0 Å². The maximum Gasteiger partial charge on any atom is 0.214 e. The molecule has 0 aliphatic carbocycles. The van der Waals surface area contributed by atoms with Gasteiger partial charge < -0.3 is 18.1 Å². The third-order valence-corrected chi connectivity index (χ3v) is 4.83. The van der Waals surface area contributed by atoms with Crippen molar-refractivity contribution in [3.63, 3.8) is 0 Å². The van der Waals surface area contributed by atoms with E-state index in [0.717, 1.165) is 23.5 Å². The number of rotatable bonds is 10. The molecule has 0 fully saturated rings. The first-order valence-electron chi connectivity index (χ1n) is 8.97. The van der Waals surface area contributed by atoms with Crippen molar-refractivity contribution in [2.24, 2.45) is 0 Å². The molecule has 2 rings (SSSR count). The second kappa shape index (κ2) is 11.5. The largest absolute Gasteiger partial charge is 1.00 e. The zero-order valence-corrected chi connectivity index (χ0v) is 16.3. The highest BCUT2D eigenvalue weighted by molar-refractivity contribution is 6.17. The number of hydrogen-bond donors (Lipinski definition) is 1. The molecule has 2 nitrogen and oxygen atoms in total. The molecule has 1 heterocycles. The number of aromatic nitrogens is 1. The van der Waals surface area contributed by atoms with E-state index in [1.54, 1.807) is 0 Å². The van der Waals surface area contributed by atoms with Crippen LogP contribution in [0.5, 0.6) is 0 Å². The van der Waals surface area contributed by atoms with Crippen LogP contribution in [0.3, 0.4) is 0 Å². The number of hydrogen-bond acceptors (Lipinski definition) is 1. The van der Waals surface area contributed by atoms with E-state index in [9.17, 15) is 0 Å². The minimum Gasteiger partial charge on any atom is -1.00 e. The lowest BCUT2D eigenvalue weighted by Crippen LogP contribution is -3.00. The molecule has 134 valence electrons. The van der Waals surface area contributed by atoms with E-state index in [2.05, 4.69) is 41.8 Å². The molecule has 0 bridgehead atoms. The number of unbranched alkanes of at least 4 members (excludes halogenated alkanes) is 7. The van der Waals surface area contributed by atoms with Crippen LogP contribution < -0.4 is 22.7 Å². The summed E-state index contributed by atoms with van der Waals surface area (Å²) >= 11 is 5.69. The van der Waals surface area contributed by atoms with Gasteiger partial charge in [0.25, 0.3) is 0 Å². The van der Waals surface area contributed by atoms with Crippen molar-refractivity contribution in [3.05, 3.63) is 36.0 Å². The summed E-state index contributed by atoms with van der Waals surface area (Å²) in [4.78, 5) is 0. The Bertz CT molecular complexity index is 614. The van der Waals surface area contributed by atoms with Gasteiger partial charge in [0, 0.05) is 31.4 Å². The zero-order chi connectivity index (χ0) is 16.5. The number of anilines is 1. The Kier molecular flexibility index (Phi) is 10.1. The van der Waals surface area contributed by atoms with Crippen LogP contribution in [0.15, 0.2) is 30.3 Å². The fraction of sp³-hybridized carbons (Fsp3) is 0.550. The highest BCUT2D eigenvalue weighted by Gasteiger charge is 2.14. The lowest BCUT2D eigenvalue weighted by atomic mass is 10.1. The molecule has 1 aromatic heterocycles. The van der Waals surface area contributed by atoms with E-state index in [-0.39, 0.29) is 12.4 Å². The van der Waals surface area contributed by atoms with Gasteiger partial charge in [-0.15, -0.1) is 11.6 Å². The van der Waals surface area contributed by atoms with Gasteiger partial charge in [0.2, 0.25) is 5.52 Å². The standard InChI is InChI=1S/C20H29ClN2.ClH/c1-17-16-19(22)18-12-8-9-13-20(18)23(17)15-11-7-5-3-2-4-6-10-14-21;/h8-9,12-13,16,22H,2-7,10-11,14-15H2,1H3;1H. The second-order valence-corrected chi connectivity index (χ2v) is 6.81. The van der Waals surface area contributed by atoms with Gasteiger partial charge in [-0.3, -0.25) is 0 Å². The number of aryl methyl sites for hydroxylation is 2. The lowest BCUT2D eigenvalue weighted by Gasteiger charge is -2.07. The molecule has 4 heteroatoms. The van der Waals surface area contributed by atoms with Crippen molar-refractivity contribution in [1.29, 1.82) is 0 Å². The van der Waals surface area contributed by atoms with Crippen molar-refractivity contribution in [2.45, 2.75) is 64.8 Å². The molecule has 0 atom stereocenters. The number of pyridine rings is 1. The van der Waals surface area contributed by atoms with Gasteiger partial charge in [0.1, 0.15) is 6.54 Å². The third-order valence-electron chi connectivity index (χ3n) is 4.56. The second-order valence-electron chi connectivity index (χ2n) is 6.43. The molecule has 2 N–H and O–H groups in total. The van der Waals surface area contributed by atoms with Gasteiger partial charge in [0.05, 0.1) is 11.1 Å². The number of benzene rings is 1. The van der Waals surface area contributed by atoms with Crippen LogP contribution in [-0.2, 0) is 6.54 Å². The van der Waals surface area contributed by atoms with Crippen LogP contribution in [0.1, 0.15) is 57.1 Å². The van der Waals surface area contributed by atoms with Gasteiger partial charge in [-0.05, 0) is 18.9 Å². The summed E-state index contributed by atoms with van der Waals surface area (Å²) in [6, 6.07) is 10.5. The molecule has 0 spiro atoms. The number of nitrogens with two attached hydrogens (primary N) is 1. The number of halogens is 2. The smallest absolute Gasteiger partial charge is 0.214 e. The molecule has 0 saturated heterocycles. The highest BCUT2D eigenvalue weighted by atomic mass is 35.5. The lowest BCUT2D eigenvalue weighted by molar-refractivity contribution is -0.677. The predicted octanol–water partition coefficient (Wildman–Crippen LogP) is 2.38. The van der Waals surface area contributed by atoms with E-state index in [1.807, 2.05) is 0 Å². The quantitative estimate of drug-likeness (QED) is 0.389. The van der Waals surface area contributed by atoms with Crippen molar-refractivity contribution < 1.29 is 17.0 Å². The number of nitrogen functional groups attached to an aromatic ring is 1. The minimum atomic E-state index is 0. The van der Waals surface area contributed by atoms with Crippen molar-refractivity contribution >= 4 is 28.2 Å². The van der Waals surface area contributed by atoms with Crippen LogP contribution in [-0.4, -0.2) is 5.88 Å². The van der Waals surface area contributed by atoms with E-state index >= 15 is 0 Å². The van der Waals surface area contributed by atoms with E-state index < -0.39 is 0 Å². The zero-order valence-electron chi connectivity index (χ0n) is 14.7. The Balaban J connectivity index is 0.00000288. The Hall–Kier alpha value is -0.990. The average molecular weight is 369 g/mol. The first kappa shape index (κ1) is 21.1. The molecule has 0 amide bonds. The average Bonchev–Trinajstić information content (AvgIpc) is 2.56. The van der Waals surface area contributed by atoms with Crippen LogP contribution in [0.2, 0.25) is 0 Å². The molecule has 2 aromatic rings. The number of nitrogens with zero attached hydrogens (tertiary/aromatic N) is 1. The molecule has 0 aliphatic heterocycles. The van der Waals surface area contributed by atoms with Gasteiger partial charge in [-0.2, -0.15) is 4.57 Å². The number of alkyl halides is 1. The number of fused-ring (bicyclic) bond motifs is 1. The first-order valence-corrected chi connectivity index (χ1v) is 9.51. The van der Waals surface area contributed by atoms with Crippen LogP contribution in [0, 0.1) is 6.92 Å². The monoisotopic (exact) mass is 368 g/mol. The summed E-state index contributed by atoms with van der Waals surface area (Å²) in [6.07, 6.45) is 10.4. The molecule has 24 heavy (non-hydrogen) atoms. The van der Waals surface area contributed by atoms with E-state index in [0.29, 0.717) is 0 Å². The molecular formula is C20H30Cl2N2. The molecule has 0 unspecified atom stereocenters. The summed E-state index contributed by atoms with van der Waals surface area (Å²) < 4.78 is 2.41. The van der Waals surface area contributed by atoms with Gasteiger partial charge in [0.15, 0.2) is 5.69 Å². The van der Waals surface area contributed by atoms with Gasteiger partial charge in [-0.25, -0.2) is 0 Å². The summed E-state index contributed by atoms with van der Waals surface area (Å²) in [5, 5.41) is 1.16. The molecule has 0 aliphatic rings. The van der Waals surface area contributed by atoms with Crippen LogP contribution >= 0.6 is 11.6 Å². The Morgan fingerprint density at radius 1 is 0.917 bits per heavy atom. The van der Waals surface area contributed by atoms with Crippen molar-refractivity contribution in [2.75, 3.05) is 11.6 Å². The Morgan fingerprint density at radius 2 is 1.50 bits per heavy atom. The normalized spacial score (nSPS) is 10.8. The predicted molar refractivity (Wildman–Crippen MR) is 101 cm³/mol. The van der Waals surface area contributed by atoms with Crippen molar-refractivity contribution in [1.82, 2.24) is 0 Å². The van der Waals surface area contributed by atoms with E-state index in [1.165, 1.54) is 62.6 Å². The molecule has 0 radical (unpaired) electrons. The highest BCUT2D eigenvalue weighted by Crippen LogP contribution is 2.19. The summed E-state index contributed by atoms with van der Waals surface area (Å²) in [7, 11) is 0. The summed E-state index contributed by atoms with van der Waals surface area (Å²) in [5.74, 6) is 0.812. The Labute approximate surface area is 157 Å². The van der Waals surface area contributed by atoms with E-state index in [4.69, 9.17) is 17.3 Å². The summed E-state index contributed by atoms with van der Waals surface area (Å²) in [5.41, 5.74) is 9.54. The maximum atomic E-state index is 6.15. The van der Waals surface area contributed by atoms with Crippen LogP contribution in [0.4, 0.5) is 5.69 Å².